The second kappa shape index (κ2) is 2.42. The maximum Gasteiger partial charge on any atom is 0.311 e. The molecule has 3 atom stereocenters. The van der Waals surface area contributed by atoms with E-state index in [4.69, 9.17) is 9.47 Å². The largest absolute Gasteiger partial charge is 0.381 e. The molecule has 12 heavy (non-hydrogen) atoms. The molecule has 2 aliphatic rings. The molecule has 0 aromatic carbocycles. The second-order valence-corrected chi connectivity index (χ2v) is 3.52. The maximum atomic E-state index is 10.1. The highest BCUT2D eigenvalue weighted by molar-refractivity contribution is 5.01. The van der Waals surface area contributed by atoms with Gasteiger partial charge in [0.05, 0.1) is 13.2 Å². The van der Waals surface area contributed by atoms with E-state index >= 15 is 0 Å². The third-order valence-corrected chi connectivity index (χ3v) is 2.98. The zero-order chi connectivity index (χ0) is 8.82. The highest BCUT2D eigenvalue weighted by Crippen LogP contribution is 2.47. The van der Waals surface area contributed by atoms with Crippen molar-refractivity contribution >= 4 is 0 Å². The summed E-state index contributed by atoms with van der Waals surface area (Å²) in [6.45, 7) is 2.71. The van der Waals surface area contributed by atoms with Crippen molar-refractivity contribution in [1.29, 1.82) is 0 Å². The summed E-state index contributed by atoms with van der Waals surface area (Å²) in [7, 11) is 0. The lowest BCUT2D eigenvalue weighted by molar-refractivity contribution is -0.363. The molecule has 4 nitrogen and oxygen atoms in total. The Balaban J connectivity index is 2.28. The fourth-order valence-corrected chi connectivity index (χ4v) is 2.06. The quantitative estimate of drug-likeness (QED) is 0.580. The van der Waals surface area contributed by atoms with Gasteiger partial charge in [-0.2, -0.15) is 0 Å². The van der Waals surface area contributed by atoms with Gasteiger partial charge in [0.1, 0.15) is 0 Å². The minimum atomic E-state index is -1.73. The van der Waals surface area contributed by atoms with Crippen molar-refractivity contribution in [2.24, 2.45) is 5.92 Å². The number of rotatable bonds is 1. The molecule has 0 saturated carbocycles. The van der Waals surface area contributed by atoms with Crippen LogP contribution in [0.5, 0.6) is 0 Å². The standard InChI is InChI=1S/C8H14O4/c1-2-6-5-12-8(10)7(6,9)3-4-11-8/h6,9-10H,2-5H2,1H3. The summed E-state index contributed by atoms with van der Waals surface area (Å²) in [5.74, 6) is -1.74. The summed E-state index contributed by atoms with van der Waals surface area (Å²) >= 11 is 0. The molecule has 0 aliphatic carbocycles. The molecule has 2 fully saturated rings. The van der Waals surface area contributed by atoms with Gasteiger partial charge >= 0.3 is 5.97 Å². The van der Waals surface area contributed by atoms with Crippen LogP contribution >= 0.6 is 0 Å². The fraction of sp³-hybridized carbons (Fsp3) is 1.00. The Bertz CT molecular complexity index is 195. The lowest BCUT2D eigenvalue weighted by atomic mass is 9.85. The van der Waals surface area contributed by atoms with Gasteiger partial charge in [0.15, 0.2) is 5.60 Å². The molecule has 2 rings (SSSR count). The smallest absolute Gasteiger partial charge is 0.311 e. The highest BCUT2D eigenvalue weighted by Gasteiger charge is 2.64. The molecule has 0 aromatic heterocycles. The first kappa shape index (κ1) is 8.44. The van der Waals surface area contributed by atoms with E-state index in [1.165, 1.54) is 0 Å². The van der Waals surface area contributed by atoms with Crippen molar-refractivity contribution in [2.45, 2.75) is 31.3 Å². The highest BCUT2D eigenvalue weighted by atomic mass is 16.8. The molecule has 0 spiro atoms. The van der Waals surface area contributed by atoms with Crippen LogP contribution in [0.15, 0.2) is 0 Å². The number of fused-ring (bicyclic) bond motifs is 1. The summed E-state index contributed by atoms with van der Waals surface area (Å²) in [5.41, 5.74) is -1.18. The van der Waals surface area contributed by atoms with Crippen molar-refractivity contribution in [3.63, 3.8) is 0 Å². The molecule has 2 saturated heterocycles. The number of hydrogen-bond acceptors (Lipinski definition) is 4. The van der Waals surface area contributed by atoms with Gasteiger partial charge in [0.2, 0.25) is 0 Å². The minimum absolute atomic E-state index is 0.00926. The van der Waals surface area contributed by atoms with Crippen LogP contribution in [0.2, 0.25) is 0 Å². The molecule has 3 unspecified atom stereocenters. The number of hydrogen-bond donors (Lipinski definition) is 2. The predicted octanol–water partition coefficient (Wildman–Crippen LogP) is -0.160. The maximum absolute atomic E-state index is 10.1. The average molecular weight is 174 g/mol. The van der Waals surface area contributed by atoms with E-state index in [1.54, 1.807) is 0 Å². The molecular formula is C8H14O4. The van der Waals surface area contributed by atoms with Crippen molar-refractivity contribution in [3.8, 4) is 0 Å². The van der Waals surface area contributed by atoms with Crippen molar-refractivity contribution < 1.29 is 19.7 Å². The summed E-state index contributed by atoms with van der Waals surface area (Å²) in [6, 6.07) is 0. The Hall–Kier alpha value is -0.160. The van der Waals surface area contributed by atoms with E-state index < -0.39 is 11.6 Å². The lowest BCUT2D eigenvalue weighted by Crippen LogP contribution is -2.50. The van der Waals surface area contributed by atoms with Gasteiger partial charge in [-0.05, 0) is 6.42 Å². The summed E-state index contributed by atoms with van der Waals surface area (Å²) in [6.07, 6.45) is 1.25. The van der Waals surface area contributed by atoms with Crippen LogP contribution in [0.3, 0.4) is 0 Å². The molecule has 0 bridgehead atoms. The van der Waals surface area contributed by atoms with E-state index in [9.17, 15) is 10.2 Å². The summed E-state index contributed by atoms with van der Waals surface area (Å²) in [4.78, 5) is 0. The van der Waals surface area contributed by atoms with E-state index in [-0.39, 0.29) is 5.92 Å². The van der Waals surface area contributed by atoms with Crippen LogP contribution in [-0.4, -0.2) is 35.0 Å². The minimum Gasteiger partial charge on any atom is -0.381 e. The zero-order valence-corrected chi connectivity index (χ0v) is 7.12. The van der Waals surface area contributed by atoms with Gasteiger partial charge in [-0.15, -0.1) is 0 Å². The monoisotopic (exact) mass is 174 g/mol. The average Bonchev–Trinajstić information content (AvgIpc) is 2.41. The molecule has 70 valence electrons. The molecule has 4 heteroatoms. The normalized spacial score (nSPS) is 52.8. The first-order chi connectivity index (χ1) is 5.62. The van der Waals surface area contributed by atoms with Gasteiger partial charge < -0.3 is 19.7 Å². The molecule has 0 amide bonds. The first-order valence-corrected chi connectivity index (χ1v) is 4.35. The van der Waals surface area contributed by atoms with Gasteiger partial charge in [0.25, 0.3) is 0 Å². The van der Waals surface area contributed by atoms with Crippen LogP contribution in [0.25, 0.3) is 0 Å². The van der Waals surface area contributed by atoms with Crippen LogP contribution in [0, 0.1) is 5.92 Å². The first-order valence-electron chi connectivity index (χ1n) is 4.35. The third-order valence-electron chi connectivity index (χ3n) is 2.98. The van der Waals surface area contributed by atoms with E-state index in [1.807, 2.05) is 6.92 Å². The predicted molar refractivity (Wildman–Crippen MR) is 40.2 cm³/mol. The van der Waals surface area contributed by atoms with Crippen molar-refractivity contribution in [3.05, 3.63) is 0 Å². The molecule has 2 aliphatic heterocycles. The summed E-state index contributed by atoms with van der Waals surface area (Å²) in [5, 5.41) is 19.7. The second-order valence-electron chi connectivity index (χ2n) is 3.52. The Morgan fingerprint density at radius 1 is 1.42 bits per heavy atom. The Kier molecular flexibility index (Phi) is 1.70. The number of aliphatic hydroxyl groups is 2. The molecule has 2 N–H and O–H groups in total. The van der Waals surface area contributed by atoms with Crippen LogP contribution in [0.1, 0.15) is 19.8 Å². The van der Waals surface area contributed by atoms with E-state index in [0.29, 0.717) is 19.6 Å². The molecular weight excluding hydrogens is 160 g/mol. The van der Waals surface area contributed by atoms with Gasteiger partial charge in [-0.25, -0.2) is 0 Å². The van der Waals surface area contributed by atoms with E-state index in [2.05, 4.69) is 0 Å². The Labute approximate surface area is 71.1 Å². The van der Waals surface area contributed by atoms with Crippen LogP contribution < -0.4 is 0 Å². The van der Waals surface area contributed by atoms with Gasteiger partial charge in [0, 0.05) is 12.3 Å². The van der Waals surface area contributed by atoms with Gasteiger partial charge in [-0.1, -0.05) is 6.92 Å². The lowest BCUT2D eigenvalue weighted by Gasteiger charge is -2.30. The molecule has 0 radical (unpaired) electrons. The van der Waals surface area contributed by atoms with Crippen LogP contribution in [0.4, 0.5) is 0 Å². The number of ether oxygens (including phenoxy) is 2. The van der Waals surface area contributed by atoms with Crippen molar-refractivity contribution in [1.82, 2.24) is 0 Å². The van der Waals surface area contributed by atoms with Crippen LogP contribution in [-0.2, 0) is 9.47 Å². The van der Waals surface area contributed by atoms with E-state index in [0.717, 1.165) is 6.42 Å². The third kappa shape index (κ3) is 0.808. The zero-order valence-electron chi connectivity index (χ0n) is 7.12. The molecule has 0 aromatic rings. The molecule has 2 heterocycles. The Morgan fingerprint density at radius 2 is 2.17 bits per heavy atom. The van der Waals surface area contributed by atoms with Gasteiger partial charge in [-0.3, -0.25) is 0 Å². The van der Waals surface area contributed by atoms with Crippen molar-refractivity contribution in [2.75, 3.05) is 13.2 Å². The Morgan fingerprint density at radius 3 is 2.83 bits per heavy atom. The summed E-state index contributed by atoms with van der Waals surface area (Å²) < 4.78 is 10.0. The topological polar surface area (TPSA) is 58.9 Å². The SMILES string of the molecule is CCC1COC2(O)OCCC12O. The fourth-order valence-electron chi connectivity index (χ4n) is 2.06.